The first-order valence-electron chi connectivity index (χ1n) is 15.9. The number of carbonyl (C=O) groups is 1. The molecule has 1 unspecified atom stereocenters. The van der Waals surface area contributed by atoms with Gasteiger partial charge < -0.3 is 19.9 Å². The minimum atomic E-state index is -0.254. The van der Waals surface area contributed by atoms with Crippen LogP contribution >= 0.6 is 0 Å². The summed E-state index contributed by atoms with van der Waals surface area (Å²) in [6.07, 6.45) is 28.9. The Kier molecular flexibility index (Phi) is 18.5. The van der Waals surface area contributed by atoms with Crippen LogP contribution in [0.2, 0.25) is 0 Å². The van der Waals surface area contributed by atoms with Crippen LogP contribution in [0.5, 0.6) is 0 Å². The van der Waals surface area contributed by atoms with Gasteiger partial charge in [0.1, 0.15) is 0 Å². The zero-order valence-corrected chi connectivity index (χ0v) is 24.3. The second kappa shape index (κ2) is 21.2. The van der Waals surface area contributed by atoms with E-state index in [0.717, 1.165) is 25.3 Å². The average Bonchev–Trinajstić information content (AvgIpc) is 2.88. The third-order valence-electron chi connectivity index (χ3n) is 8.52. The number of rotatable bonds is 20. The summed E-state index contributed by atoms with van der Waals surface area (Å²) in [5.41, 5.74) is 0. The van der Waals surface area contributed by atoms with Crippen LogP contribution in [0.3, 0.4) is 0 Å². The van der Waals surface area contributed by atoms with Crippen LogP contribution in [0.25, 0.3) is 0 Å². The molecule has 0 aromatic rings. The SMILES string of the molecule is CN(C)CCCNC(=O)OCCC1CCCCN1CCCCCCCCCCCCC1CCCCC1. The van der Waals surface area contributed by atoms with Crippen LogP contribution in [0.1, 0.15) is 135 Å². The van der Waals surface area contributed by atoms with Crippen LogP contribution in [-0.4, -0.2) is 68.8 Å². The standard InChI is InChI=1S/C31H61N3O2/c1-33(2)25-18-24-32-31(35)36-28-23-30-22-15-17-27-34(30)26-16-10-8-6-4-3-5-7-9-12-19-29-20-13-11-14-21-29/h29-30H,3-28H2,1-2H3,(H,32,35). The van der Waals surface area contributed by atoms with Gasteiger partial charge in [-0.3, -0.25) is 0 Å². The molecule has 1 aliphatic heterocycles. The summed E-state index contributed by atoms with van der Waals surface area (Å²) < 4.78 is 5.45. The van der Waals surface area contributed by atoms with Gasteiger partial charge in [0.05, 0.1) is 6.61 Å². The highest BCUT2D eigenvalue weighted by molar-refractivity contribution is 5.66. The number of alkyl carbamates (subject to hydrolysis) is 1. The fourth-order valence-electron chi connectivity index (χ4n) is 6.24. The van der Waals surface area contributed by atoms with Gasteiger partial charge in [-0.1, -0.05) is 103 Å². The van der Waals surface area contributed by atoms with Crippen LogP contribution in [-0.2, 0) is 4.74 Å². The molecule has 1 atom stereocenters. The Labute approximate surface area is 224 Å². The number of unbranched alkanes of at least 4 members (excludes halogenated alkanes) is 9. The van der Waals surface area contributed by atoms with Gasteiger partial charge in [-0.15, -0.1) is 0 Å². The number of nitrogens with one attached hydrogen (secondary N) is 1. The maximum absolute atomic E-state index is 11.9. The van der Waals surface area contributed by atoms with E-state index >= 15 is 0 Å². The number of piperidine rings is 1. The second-order valence-corrected chi connectivity index (χ2v) is 12.0. The maximum Gasteiger partial charge on any atom is 0.407 e. The highest BCUT2D eigenvalue weighted by Gasteiger charge is 2.22. The maximum atomic E-state index is 11.9. The van der Waals surface area contributed by atoms with Crippen LogP contribution in [0, 0.1) is 5.92 Å². The summed E-state index contributed by atoms with van der Waals surface area (Å²) in [4.78, 5) is 16.7. The Hall–Kier alpha value is -0.810. The lowest BCUT2D eigenvalue weighted by molar-refractivity contribution is 0.0989. The number of likely N-dealkylation sites (tertiary alicyclic amines) is 1. The Morgan fingerprint density at radius 1 is 0.778 bits per heavy atom. The van der Waals surface area contributed by atoms with Crippen molar-refractivity contribution in [3.05, 3.63) is 0 Å². The van der Waals surface area contributed by atoms with Crippen LogP contribution in [0.15, 0.2) is 0 Å². The number of amides is 1. The molecular formula is C31H61N3O2. The van der Waals surface area contributed by atoms with Crippen LogP contribution < -0.4 is 5.32 Å². The van der Waals surface area contributed by atoms with E-state index in [2.05, 4.69) is 29.2 Å². The van der Waals surface area contributed by atoms with Gasteiger partial charge in [0.25, 0.3) is 0 Å². The molecule has 1 amide bonds. The topological polar surface area (TPSA) is 44.8 Å². The third-order valence-corrected chi connectivity index (χ3v) is 8.52. The van der Waals surface area contributed by atoms with E-state index in [-0.39, 0.29) is 6.09 Å². The second-order valence-electron chi connectivity index (χ2n) is 12.0. The monoisotopic (exact) mass is 507 g/mol. The number of nitrogens with zero attached hydrogens (tertiary/aromatic N) is 2. The van der Waals surface area contributed by atoms with Crippen molar-refractivity contribution in [1.82, 2.24) is 15.1 Å². The molecule has 0 bridgehead atoms. The summed E-state index contributed by atoms with van der Waals surface area (Å²) in [6.45, 7) is 4.66. The zero-order chi connectivity index (χ0) is 25.7. The summed E-state index contributed by atoms with van der Waals surface area (Å²) in [5.74, 6) is 1.07. The Morgan fingerprint density at radius 2 is 1.42 bits per heavy atom. The predicted octanol–water partition coefficient (Wildman–Crippen LogP) is 7.78. The fourth-order valence-corrected chi connectivity index (χ4v) is 6.24. The van der Waals surface area contributed by atoms with Gasteiger partial charge in [0, 0.05) is 12.6 Å². The molecule has 0 aromatic heterocycles. The predicted molar refractivity (Wildman–Crippen MR) is 154 cm³/mol. The van der Waals surface area contributed by atoms with Gasteiger partial charge in [0.2, 0.25) is 0 Å². The van der Waals surface area contributed by atoms with Crippen molar-refractivity contribution in [2.24, 2.45) is 5.92 Å². The van der Waals surface area contributed by atoms with E-state index in [1.165, 1.54) is 135 Å². The fraction of sp³-hybridized carbons (Fsp3) is 0.968. The summed E-state index contributed by atoms with van der Waals surface area (Å²) in [7, 11) is 4.10. The molecule has 5 nitrogen and oxygen atoms in total. The number of ether oxygens (including phenoxy) is 1. The summed E-state index contributed by atoms with van der Waals surface area (Å²) in [5, 5.41) is 2.87. The zero-order valence-electron chi connectivity index (χ0n) is 24.3. The van der Waals surface area contributed by atoms with Gasteiger partial charge in [-0.25, -0.2) is 4.79 Å². The van der Waals surface area contributed by atoms with E-state index in [4.69, 9.17) is 4.74 Å². The molecule has 1 saturated heterocycles. The van der Waals surface area contributed by atoms with Gasteiger partial charge in [-0.05, 0) is 71.8 Å². The number of carbonyl (C=O) groups excluding carboxylic acids is 1. The molecule has 2 rings (SSSR count). The van der Waals surface area contributed by atoms with E-state index in [1.807, 2.05) is 0 Å². The summed E-state index contributed by atoms with van der Waals surface area (Å²) >= 11 is 0. The first-order valence-corrected chi connectivity index (χ1v) is 15.9. The molecule has 0 radical (unpaired) electrons. The lowest BCUT2D eigenvalue weighted by Gasteiger charge is -2.35. The van der Waals surface area contributed by atoms with Gasteiger partial charge in [0.15, 0.2) is 0 Å². The molecule has 2 aliphatic rings. The lowest BCUT2D eigenvalue weighted by atomic mass is 9.85. The largest absolute Gasteiger partial charge is 0.450 e. The minimum Gasteiger partial charge on any atom is -0.450 e. The third kappa shape index (κ3) is 16.1. The molecule has 0 spiro atoms. The molecule has 1 N–H and O–H groups in total. The Bertz CT molecular complexity index is 522. The first-order chi connectivity index (χ1) is 17.6. The first kappa shape index (κ1) is 31.4. The van der Waals surface area contributed by atoms with E-state index in [9.17, 15) is 4.79 Å². The molecule has 1 heterocycles. The highest BCUT2D eigenvalue weighted by atomic mass is 16.5. The van der Waals surface area contributed by atoms with E-state index in [1.54, 1.807) is 0 Å². The average molecular weight is 508 g/mol. The smallest absolute Gasteiger partial charge is 0.407 e. The highest BCUT2D eigenvalue weighted by Crippen LogP contribution is 2.28. The number of hydrogen-bond acceptors (Lipinski definition) is 4. The normalized spacial score (nSPS) is 19.6. The van der Waals surface area contributed by atoms with Crippen molar-refractivity contribution in [3.63, 3.8) is 0 Å². The van der Waals surface area contributed by atoms with Crippen molar-refractivity contribution >= 4 is 6.09 Å². The molecule has 1 saturated carbocycles. The minimum absolute atomic E-state index is 0.254. The molecule has 36 heavy (non-hydrogen) atoms. The van der Waals surface area contributed by atoms with Crippen molar-refractivity contribution < 1.29 is 9.53 Å². The van der Waals surface area contributed by atoms with Gasteiger partial charge in [-0.2, -0.15) is 0 Å². The Balaban J connectivity index is 1.38. The molecule has 212 valence electrons. The lowest BCUT2D eigenvalue weighted by Crippen LogP contribution is -2.41. The molecule has 2 fully saturated rings. The molecule has 0 aromatic carbocycles. The quantitative estimate of drug-likeness (QED) is 0.171. The Morgan fingerprint density at radius 3 is 2.11 bits per heavy atom. The van der Waals surface area contributed by atoms with Crippen molar-refractivity contribution in [2.45, 2.75) is 141 Å². The summed E-state index contributed by atoms with van der Waals surface area (Å²) in [6, 6.07) is 0.596. The van der Waals surface area contributed by atoms with Crippen LogP contribution in [0.4, 0.5) is 4.79 Å². The number of hydrogen-bond donors (Lipinski definition) is 1. The van der Waals surface area contributed by atoms with Crippen molar-refractivity contribution in [1.29, 1.82) is 0 Å². The van der Waals surface area contributed by atoms with E-state index in [0.29, 0.717) is 19.2 Å². The van der Waals surface area contributed by atoms with Gasteiger partial charge >= 0.3 is 6.09 Å². The molecule has 1 aliphatic carbocycles. The van der Waals surface area contributed by atoms with Crippen molar-refractivity contribution in [2.75, 3.05) is 46.9 Å². The van der Waals surface area contributed by atoms with Crippen molar-refractivity contribution in [3.8, 4) is 0 Å². The molecule has 5 heteroatoms. The molecular weight excluding hydrogens is 446 g/mol. The van der Waals surface area contributed by atoms with E-state index < -0.39 is 0 Å².